The molecule has 6 nitrogen and oxygen atoms in total. The quantitative estimate of drug-likeness (QED) is 0.736. The summed E-state index contributed by atoms with van der Waals surface area (Å²) in [7, 11) is 0. The summed E-state index contributed by atoms with van der Waals surface area (Å²) >= 11 is 3.46. The second-order valence-corrected chi connectivity index (χ2v) is 8.08. The number of likely N-dealkylation sites (tertiary alicyclic amines) is 1. The van der Waals surface area contributed by atoms with Gasteiger partial charge in [0.05, 0.1) is 6.54 Å². The monoisotopic (exact) mass is 444 g/mol. The van der Waals surface area contributed by atoms with E-state index in [1.54, 1.807) is 6.20 Å². The van der Waals surface area contributed by atoms with Gasteiger partial charge in [-0.15, -0.1) is 0 Å². The molecule has 2 aromatic rings. The van der Waals surface area contributed by atoms with Crippen LogP contribution in [0.1, 0.15) is 24.0 Å². The number of aryl methyl sites for hydroxylation is 2. The predicted molar refractivity (Wildman–Crippen MR) is 114 cm³/mol. The Labute approximate surface area is 173 Å². The lowest BCUT2D eigenvalue weighted by Crippen LogP contribution is -2.41. The molecule has 0 spiro atoms. The molecule has 1 saturated heterocycles. The summed E-state index contributed by atoms with van der Waals surface area (Å²) in [6.07, 6.45) is 3.15. The summed E-state index contributed by atoms with van der Waals surface area (Å²) < 4.78 is 1.02. The second-order valence-electron chi connectivity index (χ2n) is 7.22. The van der Waals surface area contributed by atoms with Crippen molar-refractivity contribution in [2.24, 2.45) is 5.92 Å². The molecule has 2 N–H and O–H groups in total. The minimum absolute atomic E-state index is 0.0104. The van der Waals surface area contributed by atoms with Crippen LogP contribution < -0.4 is 10.6 Å². The van der Waals surface area contributed by atoms with Crippen LogP contribution in [0.2, 0.25) is 0 Å². The molecule has 1 aromatic carbocycles. The standard InChI is InChI=1S/C21H25BrN4O2/c1-14-4-3-9-23-20(14)25-21(28)16-7-10-26(11-8-16)13-19(27)24-17-5-6-18(22)15(2)12-17/h3-6,9,12,16H,7-8,10-11,13H2,1-2H3,(H,24,27)(H,23,25,28). The van der Waals surface area contributed by atoms with Gasteiger partial charge in [0, 0.05) is 22.3 Å². The topological polar surface area (TPSA) is 74.3 Å². The normalized spacial score (nSPS) is 15.2. The molecule has 2 heterocycles. The number of rotatable bonds is 5. The van der Waals surface area contributed by atoms with E-state index >= 15 is 0 Å². The van der Waals surface area contributed by atoms with Crippen molar-refractivity contribution in [3.05, 3.63) is 52.1 Å². The Balaban J connectivity index is 1.45. The lowest BCUT2D eigenvalue weighted by Gasteiger charge is -2.30. The molecule has 0 unspecified atom stereocenters. The molecule has 0 saturated carbocycles. The van der Waals surface area contributed by atoms with Gasteiger partial charge in [-0.05, 0) is 75.2 Å². The Hall–Kier alpha value is -2.25. The summed E-state index contributed by atoms with van der Waals surface area (Å²) in [5.74, 6) is 0.555. The molecule has 2 amide bonds. The van der Waals surface area contributed by atoms with E-state index in [-0.39, 0.29) is 17.7 Å². The van der Waals surface area contributed by atoms with Gasteiger partial charge in [0.1, 0.15) is 5.82 Å². The third-order valence-electron chi connectivity index (χ3n) is 5.02. The number of piperidine rings is 1. The molecule has 0 bridgehead atoms. The van der Waals surface area contributed by atoms with Crippen molar-refractivity contribution < 1.29 is 9.59 Å². The van der Waals surface area contributed by atoms with E-state index in [2.05, 4.69) is 36.4 Å². The van der Waals surface area contributed by atoms with Crippen LogP contribution in [-0.2, 0) is 9.59 Å². The van der Waals surface area contributed by atoms with Crippen molar-refractivity contribution in [2.75, 3.05) is 30.3 Å². The summed E-state index contributed by atoms with van der Waals surface area (Å²) in [6.45, 7) is 5.71. The van der Waals surface area contributed by atoms with Crippen LogP contribution in [0, 0.1) is 19.8 Å². The summed E-state index contributed by atoms with van der Waals surface area (Å²) in [5.41, 5.74) is 2.83. The Morgan fingerprint density at radius 1 is 1.14 bits per heavy atom. The fourth-order valence-electron chi connectivity index (χ4n) is 3.31. The van der Waals surface area contributed by atoms with Crippen molar-refractivity contribution in [2.45, 2.75) is 26.7 Å². The molecule has 1 aromatic heterocycles. The van der Waals surface area contributed by atoms with Gasteiger partial charge in [0.25, 0.3) is 0 Å². The predicted octanol–water partition coefficient (Wildman–Crippen LogP) is 3.75. The Kier molecular flexibility index (Phi) is 6.80. The highest BCUT2D eigenvalue weighted by molar-refractivity contribution is 9.10. The highest BCUT2D eigenvalue weighted by atomic mass is 79.9. The highest BCUT2D eigenvalue weighted by Gasteiger charge is 2.26. The van der Waals surface area contributed by atoms with E-state index in [1.807, 2.05) is 44.2 Å². The fourth-order valence-corrected chi connectivity index (χ4v) is 3.56. The number of nitrogens with one attached hydrogen (secondary N) is 2. The molecule has 148 valence electrons. The van der Waals surface area contributed by atoms with E-state index < -0.39 is 0 Å². The number of carbonyl (C=O) groups is 2. The zero-order chi connectivity index (χ0) is 20.1. The number of anilines is 2. The van der Waals surface area contributed by atoms with Crippen LogP contribution in [-0.4, -0.2) is 41.3 Å². The number of nitrogens with zero attached hydrogens (tertiary/aromatic N) is 2. The molecular weight excluding hydrogens is 420 g/mol. The lowest BCUT2D eigenvalue weighted by atomic mass is 9.96. The van der Waals surface area contributed by atoms with Crippen LogP contribution in [0.15, 0.2) is 41.0 Å². The second kappa shape index (κ2) is 9.30. The van der Waals surface area contributed by atoms with Gasteiger partial charge in [0.2, 0.25) is 11.8 Å². The number of hydrogen-bond donors (Lipinski definition) is 2. The minimum Gasteiger partial charge on any atom is -0.325 e. The van der Waals surface area contributed by atoms with Crippen LogP contribution in [0.4, 0.5) is 11.5 Å². The number of aromatic nitrogens is 1. The molecule has 0 atom stereocenters. The van der Waals surface area contributed by atoms with E-state index in [0.29, 0.717) is 12.4 Å². The third-order valence-corrected chi connectivity index (χ3v) is 5.91. The van der Waals surface area contributed by atoms with Gasteiger partial charge in [-0.25, -0.2) is 4.98 Å². The van der Waals surface area contributed by atoms with Crippen molar-refractivity contribution in [3.63, 3.8) is 0 Å². The average Bonchev–Trinajstić information content (AvgIpc) is 2.67. The first kappa shape index (κ1) is 20.5. The number of amides is 2. The molecule has 1 fully saturated rings. The van der Waals surface area contributed by atoms with Gasteiger partial charge in [0.15, 0.2) is 0 Å². The van der Waals surface area contributed by atoms with E-state index in [1.165, 1.54) is 0 Å². The molecule has 0 radical (unpaired) electrons. The number of pyridine rings is 1. The first-order chi connectivity index (χ1) is 13.4. The molecule has 1 aliphatic heterocycles. The molecule has 3 rings (SSSR count). The maximum Gasteiger partial charge on any atom is 0.238 e. The summed E-state index contributed by atoms with van der Waals surface area (Å²) in [5, 5.41) is 5.87. The van der Waals surface area contributed by atoms with Crippen LogP contribution in [0.5, 0.6) is 0 Å². The van der Waals surface area contributed by atoms with Gasteiger partial charge < -0.3 is 10.6 Å². The van der Waals surface area contributed by atoms with Crippen molar-refractivity contribution in [1.29, 1.82) is 0 Å². The molecule has 1 aliphatic rings. The number of carbonyl (C=O) groups excluding carboxylic acids is 2. The van der Waals surface area contributed by atoms with Crippen LogP contribution >= 0.6 is 15.9 Å². The zero-order valence-electron chi connectivity index (χ0n) is 16.2. The number of benzene rings is 1. The fraction of sp³-hybridized carbons (Fsp3) is 0.381. The average molecular weight is 445 g/mol. The third kappa shape index (κ3) is 5.39. The van der Waals surface area contributed by atoms with Crippen molar-refractivity contribution in [3.8, 4) is 0 Å². The lowest BCUT2D eigenvalue weighted by molar-refractivity contribution is -0.121. The number of hydrogen-bond acceptors (Lipinski definition) is 4. The molecule has 0 aliphatic carbocycles. The maximum absolute atomic E-state index is 12.5. The number of halogens is 1. The molecule has 7 heteroatoms. The van der Waals surface area contributed by atoms with Crippen molar-refractivity contribution >= 4 is 39.2 Å². The summed E-state index contributed by atoms with van der Waals surface area (Å²) in [4.78, 5) is 31.1. The molecular formula is C21H25BrN4O2. The van der Waals surface area contributed by atoms with Crippen molar-refractivity contribution in [1.82, 2.24) is 9.88 Å². The largest absolute Gasteiger partial charge is 0.325 e. The van der Waals surface area contributed by atoms with E-state index in [0.717, 1.165) is 47.2 Å². The Bertz CT molecular complexity index is 863. The van der Waals surface area contributed by atoms with Gasteiger partial charge in [-0.2, -0.15) is 0 Å². The smallest absolute Gasteiger partial charge is 0.238 e. The first-order valence-corrected chi connectivity index (χ1v) is 10.2. The maximum atomic E-state index is 12.5. The van der Waals surface area contributed by atoms with Gasteiger partial charge >= 0.3 is 0 Å². The molecule has 28 heavy (non-hydrogen) atoms. The minimum atomic E-state index is -0.0464. The summed E-state index contributed by atoms with van der Waals surface area (Å²) in [6, 6.07) is 9.53. The van der Waals surface area contributed by atoms with E-state index in [9.17, 15) is 9.59 Å². The highest BCUT2D eigenvalue weighted by Crippen LogP contribution is 2.21. The Morgan fingerprint density at radius 2 is 1.89 bits per heavy atom. The van der Waals surface area contributed by atoms with Gasteiger partial charge in [-0.1, -0.05) is 22.0 Å². The SMILES string of the molecule is Cc1cc(NC(=O)CN2CCC(C(=O)Nc3ncccc3C)CC2)ccc1Br. The van der Waals surface area contributed by atoms with Gasteiger partial charge in [-0.3, -0.25) is 14.5 Å². The first-order valence-electron chi connectivity index (χ1n) is 9.43. The Morgan fingerprint density at radius 3 is 2.57 bits per heavy atom. The van der Waals surface area contributed by atoms with Crippen LogP contribution in [0.25, 0.3) is 0 Å². The zero-order valence-corrected chi connectivity index (χ0v) is 17.8. The van der Waals surface area contributed by atoms with Crippen LogP contribution in [0.3, 0.4) is 0 Å². The van der Waals surface area contributed by atoms with E-state index in [4.69, 9.17) is 0 Å².